The van der Waals surface area contributed by atoms with Crippen LogP contribution < -0.4 is 0 Å². The lowest BCUT2D eigenvalue weighted by Crippen LogP contribution is -1.65. The van der Waals surface area contributed by atoms with Crippen LogP contribution in [0.2, 0.25) is 0 Å². The molecule has 5 heavy (non-hydrogen) atoms. The van der Waals surface area contributed by atoms with E-state index in [1.807, 2.05) is 0 Å². The van der Waals surface area contributed by atoms with Gasteiger partial charge < -0.3 is 0 Å². The molecule has 0 atom stereocenters. The molecule has 0 radical (unpaired) electrons. The molecule has 0 aromatic rings. The van der Waals surface area contributed by atoms with Crippen LogP contribution in [-0.2, 0) is 4.79 Å². The number of hydrogen-bond donors (Lipinski definition) is 0. The van der Waals surface area contributed by atoms with E-state index in [0.717, 1.165) is 6.29 Å². The predicted octanol–water partition coefficient (Wildman–Crippen LogP) is 0.761. The zero-order chi connectivity index (χ0) is 4.28. The fourth-order valence-corrected chi connectivity index (χ4v) is 0. The number of allylic oxidation sites excluding steroid dienone is 1. The van der Waals surface area contributed by atoms with E-state index in [4.69, 9.17) is 0 Å². The molecule has 0 N–H and O–H groups in total. The molecule has 0 saturated heterocycles. The van der Waals surface area contributed by atoms with Gasteiger partial charge in [0.1, 0.15) is 6.29 Å². The highest BCUT2D eigenvalue weighted by Crippen LogP contribution is 1.70. The van der Waals surface area contributed by atoms with Crippen LogP contribution in [0.5, 0.6) is 0 Å². The summed E-state index contributed by atoms with van der Waals surface area (Å²) in [6, 6.07) is 0. The molecule has 0 amide bonds. The smallest absolute Gasteiger partial charge is 0.145 e. The molecule has 0 aliphatic rings. The van der Waals surface area contributed by atoms with E-state index in [1.54, 1.807) is 6.92 Å². The molecule has 0 rings (SSSR count). The Morgan fingerprint density at radius 3 is 2.20 bits per heavy atom. The van der Waals surface area contributed by atoms with E-state index in [-0.39, 0.29) is 0 Å². The maximum Gasteiger partial charge on any atom is 0.145 e. The molecular weight excluding hydrogens is 65.0 g/mol. The molecule has 0 aromatic carbocycles. The van der Waals surface area contributed by atoms with Gasteiger partial charge in [-0.05, 0) is 12.5 Å². The first-order chi connectivity index (χ1) is 2.27. The highest BCUT2D eigenvalue weighted by atomic mass is 16.2. The number of rotatable bonds is 1. The van der Waals surface area contributed by atoms with Gasteiger partial charge in [-0.2, -0.15) is 0 Å². The molecule has 0 saturated carbocycles. The van der Waals surface area contributed by atoms with Crippen LogP contribution in [0.25, 0.3) is 0 Å². The van der Waals surface area contributed by atoms with Gasteiger partial charge in [-0.25, -0.2) is 0 Å². The van der Waals surface area contributed by atoms with Gasteiger partial charge in [-0.15, -0.1) is 0 Å². The van der Waals surface area contributed by atoms with Crippen molar-refractivity contribution in [1.82, 2.24) is 0 Å². The van der Waals surface area contributed by atoms with Gasteiger partial charge in [0.2, 0.25) is 0 Å². The Morgan fingerprint density at radius 2 is 2.20 bits per heavy atom. The fourth-order valence-electron chi connectivity index (χ4n) is 0. The van der Waals surface area contributed by atoms with Gasteiger partial charge in [0, 0.05) is 0 Å². The van der Waals surface area contributed by atoms with Crippen molar-refractivity contribution in [2.45, 2.75) is 6.92 Å². The Bertz CT molecular complexity index is 54.7. The summed E-state index contributed by atoms with van der Waals surface area (Å²) < 4.78 is 0. The van der Waals surface area contributed by atoms with E-state index < -0.39 is 0 Å². The summed E-state index contributed by atoms with van der Waals surface area (Å²) in [4.78, 5) is 9.41. The molecule has 0 aliphatic heterocycles. The highest BCUT2D eigenvalue weighted by Gasteiger charge is 1.66. The first kappa shape index (κ1) is 4.41. The zero-order valence-electron chi connectivity index (χ0n) is 3.19. The van der Waals surface area contributed by atoms with Crippen LogP contribution in [0.1, 0.15) is 6.92 Å². The van der Waals surface area contributed by atoms with Crippen molar-refractivity contribution in [3.05, 3.63) is 12.2 Å². The maximum atomic E-state index is 9.41. The minimum Gasteiger partial charge on any atom is -0.298 e. The third-order valence-corrected chi connectivity index (χ3v) is 0.201. The van der Waals surface area contributed by atoms with Crippen LogP contribution in [0.3, 0.4) is 0 Å². The third-order valence-electron chi connectivity index (χ3n) is 0.201. The lowest BCUT2D eigenvalue weighted by Gasteiger charge is -1.65. The molecule has 0 fully saturated rings. The first-order valence-corrected chi connectivity index (χ1v) is 1.38. The maximum absolute atomic E-state index is 9.41. The molecule has 0 heterocycles. The summed E-state index contributed by atoms with van der Waals surface area (Å²) in [5.74, 6) is 0. The minimum atomic E-state index is 0.574. The SMILES string of the molecule is C=C(C)[13CH]=O. The Labute approximate surface area is 31.3 Å². The molecule has 0 bridgehead atoms. The molecule has 0 aliphatic carbocycles. The van der Waals surface area contributed by atoms with E-state index in [9.17, 15) is 4.79 Å². The van der Waals surface area contributed by atoms with Gasteiger partial charge in [-0.1, -0.05) is 6.58 Å². The lowest BCUT2D eigenvalue weighted by atomic mass is 10.6. The summed E-state index contributed by atoms with van der Waals surface area (Å²) in [5, 5.41) is 0. The van der Waals surface area contributed by atoms with Gasteiger partial charge in [0.05, 0.1) is 0 Å². The second-order valence-electron chi connectivity index (χ2n) is 0.964. The van der Waals surface area contributed by atoms with Gasteiger partial charge in [-0.3, -0.25) is 4.79 Å². The lowest BCUT2D eigenvalue weighted by molar-refractivity contribution is -0.104. The summed E-state index contributed by atoms with van der Waals surface area (Å²) in [7, 11) is 0. The molecule has 1 nitrogen and oxygen atoms in total. The number of carbonyl (C=O) groups excluding carboxylic acids is 1. The standard InChI is InChI=1S/C4H6O/c1-4(2)3-5/h3H,1H2,2H3/i3+1. The second kappa shape index (κ2) is 1.70. The van der Waals surface area contributed by atoms with Crippen LogP contribution in [-0.4, -0.2) is 6.29 Å². The van der Waals surface area contributed by atoms with E-state index in [2.05, 4.69) is 6.58 Å². The zero-order valence-corrected chi connectivity index (χ0v) is 3.19. The van der Waals surface area contributed by atoms with Crippen molar-refractivity contribution in [3.8, 4) is 0 Å². The quantitative estimate of drug-likeness (QED) is 0.253. The Hall–Kier alpha value is -0.590. The number of hydrogen-bond acceptors (Lipinski definition) is 1. The van der Waals surface area contributed by atoms with E-state index in [0.29, 0.717) is 5.57 Å². The Morgan fingerprint density at radius 1 is 2.00 bits per heavy atom. The van der Waals surface area contributed by atoms with Crippen LogP contribution in [0, 0.1) is 0 Å². The molecule has 28 valence electrons. The van der Waals surface area contributed by atoms with Gasteiger partial charge in [0.15, 0.2) is 0 Å². The van der Waals surface area contributed by atoms with Crippen molar-refractivity contribution in [3.63, 3.8) is 0 Å². The van der Waals surface area contributed by atoms with Crippen molar-refractivity contribution >= 4 is 6.29 Å². The summed E-state index contributed by atoms with van der Waals surface area (Å²) in [5.41, 5.74) is 0.574. The predicted molar refractivity (Wildman–Crippen MR) is 20.9 cm³/mol. The first-order valence-electron chi connectivity index (χ1n) is 1.38. The molecule has 0 unspecified atom stereocenters. The minimum absolute atomic E-state index is 0.574. The summed E-state index contributed by atoms with van der Waals surface area (Å²) in [6.07, 6.45) is 0.722. The van der Waals surface area contributed by atoms with Crippen LogP contribution >= 0.6 is 0 Å². The molecular formula is C4H6O. The fraction of sp³-hybridized carbons (Fsp3) is 0.250. The number of aldehydes is 1. The van der Waals surface area contributed by atoms with Crippen molar-refractivity contribution < 1.29 is 4.79 Å². The van der Waals surface area contributed by atoms with Crippen LogP contribution in [0.15, 0.2) is 12.2 Å². The van der Waals surface area contributed by atoms with Gasteiger partial charge in [0.25, 0.3) is 0 Å². The summed E-state index contributed by atoms with van der Waals surface area (Å²) in [6.45, 7) is 4.97. The topological polar surface area (TPSA) is 17.1 Å². The third kappa shape index (κ3) is 3.41. The van der Waals surface area contributed by atoms with Crippen LogP contribution in [0.4, 0.5) is 0 Å². The largest absolute Gasteiger partial charge is 0.298 e. The Balaban J connectivity index is 3.20. The molecule has 0 spiro atoms. The second-order valence-corrected chi connectivity index (χ2v) is 0.964. The highest BCUT2D eigenvalue weighted by molar-refractivity contribution is 5.70. The monoisotopic (exact) mass is 71.0 g/mol. The Kier molecular flexibility index (Phi) is 1.50. The van der Waals surface area contributed by atoms with E-state index >= 15 is 0 Å². The van der Waals surface area contributed by atoms with Gasteiger partial charge >= 0.3 is 0 Å². The number of carbonyl (C=O) groups is 1. The molecule has 0 aromatic heterocycles. The molecule has 1 heteroatoms. The summed E-state index contributed by atoms with van der Waals surface area (Å²) >= 11 is 0. The van der Waals surface area contributed by atoms with Crippen molar-refractivity contribution in [2.24, 2.45) is 0 Å². The average Bonchev–Trinajstić information content (AvgIpc) is 1.38. The van der Waals surface area contributed by atoms with Crippen molar-refractivity contribution in [2.75, 3.05) is 0 Å². The van der Waals surface area contributed by atoms with E-state index in [1.165, 1.54) is 0 Å². The average molecular weight is 71.1 g/mol. The van der Waals surface area contributed by atoms with Crippen molar-refractivity contribution in [1.29, 1.82) is 0 Å². The normalized spacial score (nSPS) is 6.60.